The minimum atomic E-state index is -3.01. The minimum absolute atomic E-state index is 0.0384. The SMILES string of the molecule is CC(=O)c1sc(NCCCS(C)(=O)=O)nc1C(=O)O. The van der Waals surface area contributed by atoms with Crippen molar-refractivity contribution in [3.63, 3.8) is 0 Å². The smallest absolute Gasteiger partial charge is 0.356 e. The third-order valence-corrected chi connectivity index (χ3v) is 4.26. The molecule has 1 aromatic rings. The molecule has 19 heavy (non-hydrogen) atoms. The van der Waals surface area contributed by atoms with Crippen LogP contribution in [0, 0.1) is 0 Å². The molecule has 0 aliphatic rings. The molecular formula is C10H14N2O5S2. The minimum Gasteiger partial charge on any atom is -0.476 e. The van der Waals surface area contributed by atoms with Crippen LogP contribution in [0.3, 0.4) is 0 Å². The van der Waals surface area contributed by atoms with Crippen LogP contribution in [0.1, 0.15) is 33.5 Å². The summed E-state index contributed by atoms with van der Waals surface area (Å²) in [7, 11) is -3.01. The summed E-state index contributed by atoms with van der Waals surface area (Å²) in [4.78, 5) is 26.0. The lowest BCUT2D eigenvalue weighted by Crippen LogP contribution is -2.09. The molecule has 2 N–H and O–H groups in total. The molecule has 1 heterocycles. The lowest BCUT2D eigenvalue weighted by Gasteiger charge is -2.00. The van der Waals surface area contributed by atoms with E-state index in [0.717, 1.165) is 17.6 Å². The summed E-state index contributed by atoms with van der Waals surface area (Å²) in [6.45, 7) is 1.62. The molecule has 0 aromatic carbocycles. The van der Waals surface area contributed by atoms with Gasteiger partial charge in [0.2, 0.25) is 0 Å². The molecule has 0 amide bonds. The zero-order valence-electron chi connectivity index (χ0n) is 10.5. The number of thiazole rings is 1. The van der Waals surface area contributed by atoms with Gasteiger partial charge in [0, 0.05) is 19.7 Å². The highest BCUT2D eigenvalue weighted by Crippen LogP contribution is 2.23. The number of hydrogen-bond acceptors (Lipinski definition) is 7. The Labute approximate surface area is 114 Å². The number of Topliss-reactive ketones (excluding diaryl/α,β-unsaturated/α-hetero) is 1. The van der Waals surface area contributed by atoms with E-state index in [9.17, 15) is 18.0 Å². The molecule has 0 saturated carbocycles. The summed E-state index contributed by atoms with van der Waals surface area (Å²) in [5.41, 5.74) is -0.275. The van der Waals surface area contributed by atoms with Gasteiger partial charge >= 0.3 is 5.97 Å². The lowest BCUT2D eigenvalue weighted by atomic mass is 10.3. The molecule has 0 bridgehead atoms. The van der Waals surface area contributed by atoms with E-state index in [2.05, 4.69) is 10.3 Å². The number of carbonyl (C=O) groups excluding carboxylic acids is 1. The van der Waals surface area contributed by atoms with Gasteiger partial charge in [0.15, 0.2) is 16.6 Å². The summed E-state index contributed by atoms with van der Waals surface area (Å²) in [5, 5.41) is 12.0. The third-order valence-electron chi connectivity index (χ3n) is 2.12. The van der Waals surface area contributed by atoms with Crippen LogP contribution < -0.4 is 5.32 Å². The molecule has 0 fully saturated rings. The van der Waals surface area contributed by atoms with Crippen LogP contribution >= 0.6 is 11.3 Å². The van der Waals surface area contributed by atoms with Crippen molar-refractivity contribution in [2.24, 2.45) is 0 Å². The summed E-state index contributed by atoms with van der Waals surface area (Å²) in [5.74, 6) is -1.58. The van der Waals surface area contributed by atoms with Crippen LogP contribution in [-0.2, 0) is 9.84 Å². The monoisotopic (exact) mass is 306 g/mol. The van der Waals surface area contributed by atoms with Gasteiger partial charge in [0.1, 0.15) is 14.7 Å². The topological polar surface area (TPSA) is 113 Å². The number of carboxylic acids is 1. The van der Waals surface area contributed by atoms with Crippen molar-refractivity contribution >= 4 is 38.1 Å². The fraction of sp³-hybridized carbons (Fsp3) is 0.500. The maximum absolute atomic E-state index is 11.2. The molecule has 0 saturated heterocycles. The van der Waals surface area contributed by atoms with E-state index in [1.54, 1.807) is 0 Å². The number of anilines is 1. The Morgan fingerprint density at radius 3 is 2.47 bits per heavy atom. The van der Waals surface area contributed by atoms with Gasteiger partial charge in [-0.05, 0) is 6.42 Å². The van der Waals surface area contributed by atoms with E-state index in [0.29, 0.717) is 18.1 Å². The Hall–Kier alpha value is -1.48. The van der Waals surface area contributed by atoms with Crippen molar-refractivity contribution in [1.29, 1.82) is 0 Å². The van der Waals surface area contributed by atoms with Crippen LogP contribution in [0.4, 0.5) is 5.13 Å². The zero-order chi connectivity index (χ0) is 14.6. The lowest BCUT2D eigenvalue weighted by molar-refractivity contribution is 0.0687. The first-order valence-corrected chi connectivity index (χ1v) is 8.25. The molecule has 7 nitrogen and oxygen atoms in total. The number of ketones is 1. The Bertz CT molecular complexity index is 560. The van der Waals surface area contributed by atoms with Crippen molar-refractivity contribution in [2.75, 3.05) is 23.9 Å². The van der Waals surface area contributed by atoms with Gasteiger partial charge in [-0.15, -0.1) is 0 Å². The molecule has 1 rings (SSSR count). The summed E-state index contributed by atoms with van der Waals surface area (Å²) < 4.78 is 21.8. The molecule has 0 aliphatic carbocycles. The predicted molar refractivity (Wildman–Crippen MR) is 71.9 cm³/mol. The molecule has 1 aromatic heterocycles. The number of aromatic carboxylic acids is 1. The number of hydrogen-bond donors (Lipinski definition) is 2. The van der Waals surface area contributed by atoms with E-state index >= 15 is 0 Å². The van der Waals surface area contributed by atoms with Gasteiger partial charge in [0.25, 0.3) is 0 Å². The van der Waals surface area contributed by atoms with Crippen LogP contribution in [-0.4, -0.2) is 48.8 Å². The molecular weight excluding hydrogens is 292 g/mol. The first kappa shape index (κ1) is 15.6. The summed E-state index contributed by atoms with van der Waals surface area (Å²) in [6.07, 6.45) is 1.53. The third kappa shape index (κ3) is 4.95. The van der Waals surface area contributed by atoms with Crippen LogP contribution in [0.25, 0.3) is 0 Å². The van der Waals surface area contributed by atoms with Gasteiger partial charge in [0.05, 0.1) is 5.75 Å². The van der Waals surface area contributed by atoms with Crippen molar-refractivity contribution in [1.82, 2.24) is 4.98 Å². The molecule has 0 unspecified atom stereocenters. The zero-order valence-corrected chi connectivity index (χ0v) is 12.1. The van der Waals surface area contributed by atoms with Gasteiger partial charge in [-0.25, -0.2) is 18.2 Å². The van der Waals surface area contributed by atoms with E-state index in [4.69, 9.17) is 5.11 Å². The number of carboxylic acid groups (broad SMARTS) is 1. The maximum atomic E-state index is 11.2. The normalized spacial score (nSPS) is 11.3. The second-order valence-corrected chi connectivity index (χ2v) is 7.23. The highest BCUT2D eigenvalue weighted by atomic mass is 32.2. The number of sulfone groups is 1. The van der Waals surface area contributed by atoms with Crippen molar-refractivity contribution < 1.29 is 23.1 Å². The van der Waals surface area contributed by atoms with Gasteiger partial charge in [-0.2, -0.15) is 0 Å². The fourth-order valence-electron chi connectivity index (χ4n) is 1.31. The van der Waals surface area contributed by atoms with Gasteiger partial charge in [-0.3, -0.25) is 4.79 Å². The first-order valence-electron chi connectivity index (χ1n) is 5.37. The van der Waals surface area contributed by atoms with Gasteiger partial charge in [-0.1, -0.05) is 11.3 Å². The van der Waals surface area contributed by atoms with Crippen LogP contribution in [0.15, 0.2) is 0 Å². The Balaban J connectivity index is 2.68. The number of aromatic nitrogens is 1. The van der Waals surface area contributed by atoms with Gasteiger partial charge < -0.3 is 10.4 Å². The van der Waals surface area contributed by atoms with E-state index in [-0.39, 0.29) is 22.1 Å². The summed E-state index contributed by atoms with van der Waals surface area (Å²) in [6, 6.07) is 0. The van der Waals surface area contributed by atoms with E-state index in [1.807, 2.05) is 0 Å². The standard InChI is InChI=1S/C10H14N2O5S2/c1-6(13)8-7(9(14)15)12-10(18-8)11-4-3-5-19(2,16)17/h3-5H2,1-2H3,(H,11,12)(H,14,15). The molecule has 9 heteroatoms. The average molecular weight is 306 g/mol. The van der Waals surface area contributed by atoms with Crippen molar-refractivity contribution in [3.05, 3.63) is 10.6 Å². The molecule has 0 spiro atoms. The highest BCUT2D eigenvalue weighted by molar-refractivity contribution is 7.90. The highest BCUT2D eigenvalue weighted by Gasteiger charge is 2.20. The second kappa shape index (κ2) is 6.11. The quantitative estimate of drug-likeness (QED) is 0.568. The molecule has 0 atom stereocenters. The molecule has 0 radical (unpaired) electrons. The summed E-state index contributed by atoms with van der Waals surface area (Å²) >= 11 is 0.952. The second-order valence-electron chi connectivity index (χ2n) is 3.97. The van der Waals surface area contributed by atoms with E-state index < -0.39 is 15.8 Å². The Kier molecular flexibility index (Phi) is 5.01. The number of carbonyl (C=O) groups is 2. The Morgan fingerprint density at radius 2 is 2.05 bits per heavy atom. The number of nitrogens with one attached hydrogen (secondary N) is 1. The van der Waals surface area contributed by atoms with Crippen molar-refractivity contribution in [2.45, 2.75) is 13.3 Å². The largest absolute Gasteiger partial charge is 0.476 e. The predicted octanol–water partition coefficient (Wildman–Crippen LogP) is 0.890. The number of nitrogens with zero attached hydrogens (tertiary/aromatic N) is 1. The van der Waals surface area contributed by atoms with Crippen molar-refractivity contribution in [3.8, 4) is 0 Å². The fourth-order valence-corrected chi connectivity index (χ4v) is 2.86. The molecule has 0 aliphatic heterocycles. The average Bonchev–Trinajstić information content (AvgIpc) is 2.67. The Morgan fingerprint density at radius 1 is 1.42 bits per heavy atom. The van der Waals surface area contributed by atoms with E-state index in [1.165, 1.54) is 6.92 Å². The van der Waals surface area contributed by atoms with Crippen LogP contribution in [0.5, 0.6) is 0 Å². The first-order chi connectivity index (χ1) is 8.70. The number of rotatable bonds is 7. The van der Waals surface area contributed by atoms with Crippen LogP contribution in [0.2, 0.25) is 0 Å². The maximum Gasteiger partial charge on any atom is 0.356 e. The molecule has 106 valence electrons.